The molecule has 0 aliphatic rings. The van der Waals surface area contributed by atoms with Crippen molar-refractivity contribution in [2.45, 2.75) is 11.1 Å². The van der Waals surface area contributed by atoms with Crippen molar-refractivity contribution < 1.29 is 9.18 Å². The van der Waals surface area contributed by atoms with Gasteiger partial charge in [0.05, 0.1) is 15.6 Å². The number of thioether (sulfide) groups is 1. The van der Waals surface area contributed by atoms with E-state index in [9.17, 15) is 9.18 Å². The fraction of sp³-hybridized carbons (Fsp3) is 0.154. The first-order valence-corrected chi connectivity index (χ1v) is 7.24. The molecule has 18 heavy (non-hydrogen) atoms. The molecule has 5 heteroatoms. The molecular weight excluding hydrogens is 269 g/mol. The fourth-order valence-corrected chi connectivity index (χ4v) is 2.99. The molecule has 0 spiro atoms. The van der Waals surface area contributed by atoms with Gasteiger partial charge in [-0.25, -0.2) is 4.39 Å². The minimum Gasteiger partial charge on any atom is -0.323 e. The van der Waals surface area contributed by atoms with Crippen LogP contribution in [0.1, 0.15) is 5.56 Å². The topological polar surface area (TPSA) is 29.1 Å². The van der Waals surface area contributed by atoms with E-state index in [1.807, 2.05) is 24.4 Å². The molecule has 0 bridgehead atoms. The predicted octanol–water partition coefficient (Wildman–Crippen LogP) is 3.93. The van der Waals surface area contributed by atoms with Gasteiger partial charge >= 0.3 is 0 Å². The number of carbonyl (C=O) groups is 1. The Labute approximate surface area is 113 Å². The van der Waals surface area contributed by atoms with Gasteiger partial charge in [0, 0.05) is 0 Å². The number of amides is 1. The van der Waals surface area contributed by atoms with E-state index in [0.29, 0.717) is 0 Å². The molecule has 0 radical (unpaired) electrons. The molecule has 1 N–H and O–H groups in total. The van der Waals surface area contributed by atoms with Crippen molar-refractivity contribution in [3.63, 3.8) is 0 Å². The van der Waals surface area contributed by atoms with Gasteiger partial charge in [-0.05, 0) is 36.1 Å². The number of benzene rings is 1. The van der Waals surface area contributed by atoms with Crippen LogP contribution in [0.4, 0.5) is 10.1 Å². The lowest BCUT2D eigenvalue weighted by Crippen LogP contribution is -2.15. The zero-order chi connectivity index (χ0) is 13.0. The lowest BCUT2D eigenvalue weighted by molar-refractivity contribution is -0.113. The number of anilines is 1. The molecule has 1 heterocycles. The smallest absolute Gasteiger partial charge is 0.234 e. The molecule has 1 aromatic heterocycles. The Kier molecular flexibility index (Phi) is 4.38. The van der Waals surface area contributed by atoms with Gasteiger partial charge in [-0.15, -0.1) is 23.1 Å². The van der Waals surface area contributed by atoms with E-state index in [1.165, 1.54) is 17.8 Å². The Hall–Kier alpha value is -1.33. The number of rotatable bonds is 4. The van der Waals surface area contributed by atoms with Crippen LogP contribution in [-0.4, -0.2) is 11.7 Å². The highest BCUT2D eigenvalue weighted by Gasteiger charge is 2.08. The zero-order valence-electron chi connectivity index (χ0n) is 9.77. The normalized spacial score (nSPS) is 10.3. The van der Waals surface area contributed by atoms with Gasteiger partial charge < -0.3 is 5.32 Å². The second-order valence-electron chi connectivity index (χ2n) is 3.75. The van der Waals surface area contributed by atoms with Crippen molar-refractivity contribution in [1.82, 2.24) is 0 Å². The average Bonchev–Trinajstić information content (AvgIpc) is 2.84. The highest BCUT2D eigenvalue weighted by molar-refractivity contribution is 8.01. The number of carbonyl (C=O) groups excluding carboxylic acids is 1. The molecule has 0 atom stereocenters. The third-order valence-electron chi connectivity index (χ3n) is 2.24. The summed E-state index contributed by atoms with van der Waals surface area (Å²) < 4.78 is 14.5. The number of aryl methyl sites for hydroxylation is 1. The van der Waals surface area contributed by atoms with Gasteiger partial charge in [-0.3, -0.25) is 4.79 Å². The van der Waals surface area contributed by atoms with E-state index < -0.39 is 5.82 Å². The Balaban J connectivity index is 1.92. The number of hydrogen-bond donors (Lipinski definition) is 1. The number of hydrogen-bond acceptors (Lipinski definition) is 3. The van der Waals surface area contributed by atoms with Crippen LogP contribution in [0.15, 0.2) is 39.9 Å². The van der Waals surface area contributed by atoms with Crippen LogP contribution in [0.2, 0.25) is 0 Å². The fourth-order valence-electron chi connectivity index (χ4n) is 1.40. The maximum absolute atomic E-state index is 13.4. The maximum Gasteiger partial charge on any atom is 0.234 e. The summed E-state index contributed by atoms with van der Waals surface area (Å²) in [5.74, 6) is -0.318. The summed E-state index contributed by atoms with van der Waals surface area (Å²) in [5.41, 5.74) is 1.16. The molecule has 1 amide bonds. The van der Waals surface area contributed by atoms with Crippen LogP contribution >= 0.6 is 23.1 Å². The summed E-state index contributed by atoms with van der Waals surface area (Å²) in [7, 11) is 0. The quantitative estimate of drug-likeness (QED) is 0.860. The van der Waals surface area contributed by atoms with Gasteiger partial charge in [-0.1, -0.05) is 12.1 Å². The molecule has 0 fully saturated rings. The largest absolute Gasteiger partial charge is 0.323 e. The third kappa shape index (κ3) is 3.58. The molecule has 0 aliphatic heterocycles. The minimum absolute atomic E-state index is 0.196. The van der Waals surface area contributed by atoms with Crippen molar-refractivity contribution >= 4 is 34.7 Å². The number of thiophene rings is 1. The summed E-state index contributed by atoms with van der Waals surface area (Å²) in [6, 6.07) is 8.55. The van der Waals surface area contributed by atoms with E-state index >= 15 is 0 Å². The summed E-state index contributed by atoms with van der Waals surface area (Å²) in [5, 5.41) is 4.54. The lowest BCUT2D eigenvalue weighted by Gasteiger charge is -2.06. The monoisotopic (exact) mass is 281 g/mol. The first-order valence-electron chi connectivity index (χ1n) is 5.37. The van der Waals surface area contributed by atoms with Crippen LogP contribution in [0.25, 0.3) is 0 Å². The maximum atomic E-state index is 13.4. The Morgan fingerprint density at radius 2 is 2.28 bits per heavy atom. The average molecular weight is 281 g/mol. The van der Waals surface area contributed by atoms with Gasteiger partial charge in [0.2, 0.25) is 5.91 Å². The van der Waals surface area contributed by atoms with Crippen LogP contribution < -0.4 is 5.32 Å². The van der Waals surface area contributed by atoms with Crippen LogP contribution in [-0.2, 0) is 4.79 Å². The minimum atomic E-state index is -0.407. The SMILES string of the molecule is Cc1ccc(F)c(NC(=O)CSc2cccs2)c1. The number of nitrogens with one attached hydrogen (secondary N) is 1. The highest BCUT2D eigenvalue weighted by atomic mass is 32.2. The zero-order valence-corrected chi connectivity index (χ0v) is 11.4. The molecule has 2 aromatic rings. The second-order valence-corrected chi connectivity index (χ2v) is 5.98. The number of halogens is 1. The van der Waals surface area contributed by atoms with Crippen molar-refractivity contribution in [3.8, 4) is 0 Å². The van der Waals surface area contributed by atoms with Crippen LogP contribution in [0, 0.1) is 12.7 Å². The summed E-state index contributed by atoms with van der Waals surface area (Å²) in [6.45, 7) is 1.86. The lowest BCUT2D eigenvalue weighted by atomic mass is 10.2. The van der Waals surface area contributed by atoms with E-state index in [-0.39, 0.29) is 17.3 Å². The van der Waals surface area contributed by atoms with Crippen LogP contribution in [0.3, 0.4) is 0 Å². The summed E-state index contributed by atoms with van der Waals surface area (Å²) in [4.78, 5) is 11.7. The molecule has 0 saturated heterocycles. The van der Waals surface area contributed by atoms with Crippen LogP contribution in [0.5, 0.6) is 0 Å². The van der Waals surface area contributed by atoms with E-state index in [1.54, 1.807) is 23.5 Å². The van der Waals surface area contributed by atoms with Gasteiger partial charge in [-0.2, -0.15) is 0 Å². The van der Waals surface area contributed by atoms with Gasteiger partial charge in [0.25, 0.3) is 0 Å². The van der Waals surface area contributed by atoms with Crippen molar-refractivity contribution in [2.24, 2.45) is 0 Å². The van der Waals surface area contributed by atoms with E-state index in [0.717, 1.165) is 9.77 Å². The molecule has 2 rings (SSSR count). The highest BCUT2D eigenvalue weighted by Crippen LogP contribution is 2.23. The molecule has 94 valence electrons. The van der Waals surface area contributed by atoms with E-state index in [4.69, 9.17) is 0 Å². The van der Waals surface area contributed by atoms with Crippen molar-refractivity contribution in [2.75, 3.05) is 11.1 Å². The van der Waals surface area contributed by atoms with Gasteiger partial charge in [0.15, 0.2) is 0 Å². The molecule has 2 nitrogen and oxygen atoms in total. The molecule has 0 aliphatic carbocycles. The van der Waals surface area contributed by atoms with Crippen molar-refractivity contribution in [3.05, 3.63) is 47.1 Å². The Morgan fingerprint density at radius 3 is 3.00 bits per heavy atom. The summed E-state index contributed by atoms with van der Waals surface area (Å²) in [6.07, 6.45) is 0. The summed E-state index contributed by atoms with van der Waals surface area (Å²) >= 11 is 3.03. The molecular formula is C13H12FNOS2. The molecule has 0 saturated carbocycles. The predicted molar refractivity (Wildman–Crippen MR) is 74.8 cm³/mol. The Morgan fingerprint density at radius 1 is 1.44 bits per heavy atom. The first kappa shape index (κ1) is 13.1. The molecule has 0 unspecified atom stereocenters. The van der Waals surface area contributed by atoms with Gasteiger partial charge in [0.1, 0.15) is 5.82 Å². The third-order valence-corrected chi connectivity index (χ3v) is 4.37. The van der Waals surface area contributed by atoms with E-state index in [2.05, 4.69) is 5.32 Å². The standard InChI is InChI=1S/C13H12FNOS2/c1-9-4-5-10(14)11(7-9)15-12(16)8-18-13-3-2-6-17-13/h2-7H,8H2,1H3,(H,15,16). The molecule has 1 aromatic carbocycles. The first-order chi connectivity index (χ1) is 8.65. The van der Waals surface area contributed by atoms with Crippen molar-refractivity contribution in [1.29, 1.82) is 0 Å². The Bertz CT molecular complexity index is 540. The second kappa shape index (κ2) is 6.02.